The summed E-state index contributed by atoms with van der Waals surface area (Å²) in [5.74, 6) is -0.994. The fourth-order valence-corrected chi connectivity index (χ4v) is 4.95. The number of hydrogen-bond donors (Lipinski definition) is 3. The second-order valence-corrected chi connectivity index (χ2v) is 11.0. The van der Waals surface area contributed by atoms with E-state index in [1.54, 1.807) is 72.8 Å². The monoisotopic (exact) mass is 669 g/mol. The van der Waals surface area contributed by atoms with Crippen LogP contribution in [0, 0.1) is 0 Å². The van der Waals surface area contributed by atoms with E-state index in [2.05, 4.69) is 16.0 Å². The first-order chi connectivity index (χ1) is 22.0. The zero-order valence-electron chi connectivity index (χ0n) is 24.4. The van der Waals surface area contributed by atoms with Gasteiger partial charge in [0.15, 0.2) is 11.5 Å². The van der Waals surface area contributed by atoms with Crippen molar-refractivity contribution in [1.82, 2.24) is 5.32 Å². The van der Waals surface area contributed by atoms with Crippen LogP contribution in [0.4, 0.5) is 24.5 Å². The summed E-state index contributed by atoms with van der Waals surface area (Å²) < 4.78 is 50.6. The van der Waals surface area contributed by atoms with Gasteiger partial charge in [-0.3, -0.25) is 14.4 Å². The molecular formula is C33H27ClF3N3O5S. The van der Waals surface area contributed by atoms with E-state index in [0.717, 1.165) is 23.9 Å². The summed E-state index contributed by atoms with van der Waals surface area (Å²) in [7, 11) is 2.98. The highest BCUT2D eigenvalue weighted by molar-refractivity contribution is 8.00. The van der Waals surface area contributed by atoms with Gasteiger partial charge in [0.1, 0.15) is 5.70 Å². The van der Waals surface area contributed by atoms with Crippen molar-refractivity contribution in [3.05, 3.63) is 118 Å². The van der Waals surface area contributed by atoms with Crippen molar-refractivity contribution in [2.45, 2.75) is 11.1 Å². The lowest BCUT2D eigenvalue weighted by Gasteiger charge is -2.14. The van der Waals surface area contributed by atoms with Crippen LogP contribution in [0.3, 0.4) is 0 Å². The maximum absolute atomic E-state index is 13.4. The average Bonchev–Trinajstić information content (AvgIpc) is 3.04. The Bertz CT molecular complexity index is 1750. The third-order valence-corrected chi connectivity index (χ3v) is 7.54. The predicted octanol–water partition coefficient (Wildman–Crippen LogP) is 7.52. The molecule has 0 unspecified atom stereocenters. The maximum Gasteiger partial charge on any atom is 0.418 e. The Balaban J connectivity index is 1.45. The van der Waals surface area contributed by atoms with E-state index in [0.29, 0.717) is 33.2 Å². The van der Waals surface area contributed by atoms with E-state index in [-0.39, 0.29) is 16.5 Å². The predicted molar refractivity (Wildman–Crippen MR) is 172 cm³/mol. The minimum atomic E-state index is -4.69. The van der Waals surface area contributed by atoms with E-state index in [9.17, 15) is 27.6 Å². The summed E-state index contributed by atoms with van der Waals surface area (Å²) in [6, 6.07) is 23.0. The van der Waals surface area contributed by atoms with E-state index in [1.165, 1.54) is 26.4 Å². The topological polar surface area (TPSA) is 106 Å². The van der Waals surface area contributed by atoms with Gasteiger partial charge in [-0.05, 0) is 78.4 Å². The van der Waals surface area contributed by atoms with Gasteiger partial charge in [-0.25, -0.2) is 0 Å². The number of carbonyl (C=O) groups is 3. The molecule has 0 aliphatic heterocycles. The third kappa shape index (κ3) is 9.29. The number of rotatable bonds is 11. The summed E-state index contributed by atoms with van der Waals surface area (Å²) in [4.78, 5) is 39.3. The van der Waals surface area contributed by atoms with Crippen LogP contribution in [0.5, 0.6) is 11.5 Å². The van der Waals surface area contributed by atoms with Crippen molar-refractivity contribution in [3.63, 3.8) is 0 Å². The Morgan fingerprint density at radius 1 is 0.848 bits per heavy atom. The number of hydrogen-bond acceptors (Lipinski definition) is 6. The molecule has 0 aliphatic carbocycles. The van der Waals surface area contributed by atoms with Crippen molar-refractivity contribution in [3.8, 4) is 11.5 Å². The molecule has 0 radical (unpaired) electrons. The van der Waals surface area contributed by atoms with Crippen LogP contribution in [-0.2, 0) is 15.8 Å². The normalized spacial score (nSPS) is 11.4. The van der Waals surface area contributed by atoms with Crippen molar-refractivity contribution in [2.24, 2.45) is 0 Å². The number of carbonyl (C=O) groups excluding carboxylic acids is 3. The SMILES string of the molecule is COc1ccc(/C=C(\NC(=O)c2ccccc2)C(=O)Nc2ccc(SCC(=O)Nc3ccc(Cl)cc3C(F)(F)F)cc2)cc1OC. The lowest BCUT2D eigenvalue weighted by molar-refractivity contribution is -0.137. The summed E-state index contributed by atoms with van der Waals surface area (Å²) in [6.07, 6.45) is -3.20. The third-order valence-electron chi connectivity index (χ3n) is 6.29. The Labute approximate surface area is 271 Å². The lowest BCUT2D eigenvalue weighted by atomic mass is 10.1. The second-order valence-electron chi connectivity index (χ2n) is 9.50. The quantitative estimate of drug-likeness (QED) is 0.113. The summed E-state index contributed by atoms with van der Waals surface area (Å²) in [5, 5.41) is 7.57. The molecule has 4 rings (SSSR count). The Morgan fingerprint density at radius 2 is 1.54 bits per heavy atom. The van der Waals surface area contributed by atoms with Gasteiger partial charge in [-0.15, -0.1) is 11.8 Å². The lowest BCUT2D eigenvalue weighted by Crippen LogP contribution is -2.30. The van der Waals surface area contributed by atoms with Crippen LogP contribution in [-0.4, -0.2) is 37.7 Å². The summed E-state index contributed by atoms with van der Waals surface area (Å²) >= 11 is 6.78. The number of halogens is 4. The van der Waals surface area contributed by atoms with Gasteiger partial charge in [0.05, 0.1) is 31.2 Å². The fourth-order valence-electron chi connectivity index (χ4n) is 4.08. The molecule has 0 fully saturated rings. The Kier molecular flexibility index (Phi) is 11.3. The van der Waals surface area contributed by atoms with Crippen LogP contribution in [0.2, 0.25) is 5.02 Å². The van der Waals surface area contributed by atoms with Crippen molar-refractivity contribution in [1.29, 1.82) is 0 Å². The highest BCUT2D eigenvalue weighted by atomic mass is 35.5. The molecule has 0 saturated heterocycles. The van der Waals surface area contributed by atoms with Gasteiger partial charge in [-0.1, -0.05) is 35.9 Å². The number of amides is 3. The van der Waals surface area contributed by atoms with Crippen LogP contribution in [0.1, 0.15) is 21.5 Å². The minimum absolute atomic E-state index is 0.0448. The molecule has 4 aromatic carbocycles. The molecule has 13 heteroatoms. The molecule has 238 valence electrons. The average molecular weight is 670 g/mol. The molecule has 0 heterocycles. The van der Waals surface area contributed by atoms with Gasteiger partial charge >= 0.3 is 6.18 Å². The Hall–Kier alpha value is -4.94. The maximum atomic E-state index is 13.4. The summed E-state index contributed by atoms with van der Waals surface area (Å²) in [5.41, 5.74) is -0.180. The van der Waals surface area contributed by atoms with Gasteiger partial charge in [-0.2, -0.15) is 13.2 Å². The molecule has 0 saturated carbocycles. The van der Waals surface area contributed by atoms with Crippen molar-refractivity contribution in [2.75, 3.05) is 30.6 Å². The molecule has 0 atom stereocenters. The molecule has 0 spiro atoms. The smallest absolute Gasteiger partial charge is 0.418 e. The largest absolute Gasteiger partial charge is 0.493 e. The molecular weight excluding hydrogens is 643 g/mol. The Morgan fingerprint density at radius 3 is 2.20 bits per heavy atom. The van der Waals surface area contributed by atoms with E-state index in [4.69, 9.17) is 21.1 Å². The molecule has 0 aliphatic rings. The highest BCUT2D eigenvalue weighted by Crippen LogP contribution is 2.36. The van der Waals surface area contributed by atoms with Gasteiger partial charge < -0.3 is 25.4 Å². The first kappa shape index (κ1) is 33.9. The van der Waals surface area contributed by atoms with E-state index in [1.807, 2.05) is 0 Å². The number of nitrogens with one attached hydrogen (secondary N) is 3. The van der Waals surface area contributed by atoms with E-state index >= 15 is 0 Å². The van der Waals surface area contributed by atoms with Gasteiger partial charge in [0, 0.05) is 21.2 Å². The molecule has 4 aromatic rings. The molecule has 8 nitrogen and oxygen atoms in total. The first-order valence-corrected chi connectivity index (χ1v) is 14.8. The van der Waals surface area contributed by atoms with E-state index < -0.39 is 35.1 Å². The zero-order valence-corrected chi connectivity index (χ0v) is 26.0. The molecule has 0 bridgehead atoms. The number of thioether (sulfide) groups is 1. The number of anilines is 2. The fraction of sp³-hybridized carbons (Fsp3) is 0.121. The van der Waals surface area contributed by atoms with Crippen molar-refractivity contribution < 1.29 is 37.0 Å². The van der Waals surface area contributed by atoms with Gasteiger partial charge in [0.25, 0.3) is 11.8 Å². The number of methoxy groups -OCH3 is 2. The molecule has 3 amide bonds. The number of alkyl halides is 3. The first-order valence-electron chi connectivity index (χ1n) is 13.5. The number of ether oxygens (including phenoxy) is 2. The minimum Gasteiger partial charge on any atom is -0.493 e. The number of benzene rings is 4. The molecule has 46 heavy (non-hydrogen) atoms. The zero-order chi connectivity index (χ0) is 33.3. The second kappa shape index (κ2) is 15.4. The van der Waals surface area contributed by atoms with Gasteiger partial charge in [0.2, 0.25) is 5.91 Å². The van der Waals surface area contributed by atoms with Crippen LogP contribution in [0.25, 0.3) is 6.08 Å². The molecule has 0 aromatic heterocycles. The van der Waals surface area contributed by atoms with Crippen LogP contribution in [0.15, 0.2) is 102 Å². The van der Waals surface area contributed by atoms with Crippen LogP contribution >= 0.6 is 23.4 Å². The highest BCUT2D eigenvalue weighted by Gasteiger charge is 2.34. The van der Waals surface area contributed by atoms with Crippen LogP contribution < -0.4 is 25.4 Å². The summed E-state index contributed by atoms with van der Waals surface area (Å²) in [6.45, 7) is 0. The standard InChI is InChI=1S/C33H27ClF3N3O5S/c1-44-28-15-8-20(17-29(28)45-2)16-27(40-31(42)21-6-4-3-5-7-21)32(43)38-23-10-12-24(13-11-23)46-19-30(41)39-26-14-9-22(34)18-25(26)33(35,36)37/h3-18H,19H2,1-2H3,(H,38,43)(H,39,41)(H,40,42)/b27-16-. The molecule has 3 N–H and O–H groups in total. The van der Waals surface area contributed by atoms with Crippen molar-refractivity contribution >= 4 is 58.5 Å².